The number of benzene rings is 2. The number of carbonyl (C=O) groups is 4. The van der Waals surface area contributed by atoms with Crippen LogP contribution in [0.3, 0.4) is 0 Å². The summed E-state index contributed by atoms with van der Waals surface area (Å²) >= 11 is 0. The molecule has 12 nitrogen and oxygen atoms in total. The average molecular weight is 713 g/mol. The highest BCUT2D eigenvalue weighted by Gasteiger charge is 2.31. The van der Waals surface area contributed by atoms with Gasteiger partial charge in [0, 0.05) is 37.5 Å². The van der Waals surface area contributed by atoms with Gasteiger partial charge in [-0.05, 0) is 36.8 Å². The maximum absolute atomic E-state index is 12.7. The van der Waals surface area contributed by atoms with Crippen LogP contribution in [0.2, 0.25) is 0 Å². The van der Waals surface area contributed by atoms with Gasteiger partial charge >= 0.3 is 23.9 Å². The smallest absolute Gasteiger partial charge is 0.309 e. The Morgan fingerprint density at radius 2 is 1.10 bits per heavy atom. The lowest BCUT2D eigenvalue weighted by atomic mass is 10.1. The molecule has 0 aliphatic heterocycles. The summed E-state index contributed by atoms with van der Waals surface area (Å²) in [6, 6.07) is 18.5. The van der Waals surface area contributed by atoms with Gasteiger partial charge < -0.3 is 29.5 Å². The SMILES string of the molecule is CCCCP(=O)(O)CC(CCC(=O)O)C(=O)O.CCCCP(=O)(O)CC(CCC(=O)OCc1ccccc1)C(=O)OCc1ccccc1. The van der Waals surface area contributed by atoms with E-state index in [2.05, 4.69) is 0 Å². The molecule has 0 bridgehead atoms. The molecule has 48 heavy (non-hydrogen) atoms. The average Bonchev–Trinajstić information content (AvgIpc) is 3.05. The van der Waals surface area contributed by atoms with Crippen molar-refractivity contribution in [3.05, 3.63) is 71.8 Å². The van der Waals surface area contributed by atoms with E-state index in [4.69, 9.17) is 19.7 Å². The second-order valence-corrected chi connectivity index (χ2v) is 16.7. The largest absolute Gasteiger partial charge is 0.481 e. The van der Waals surface area contributed by atoms with Crippen LogP contribution in [0, 0.1) is 11.8 Å². The molecule has 0 aromatic heterocycles. The predicted molar refractivity (Wildman–Crippen MR) is 182 cm³/mol. The fraction of sp³-hybridized carbons (Fsp3) is 0.529. The van der Waals surface area contributed by atoms with E-state index < -0.39 is 50.5 Å². The van der Waals surface area contributed by atoms with Gasteiger partial charge in [0.05, 0.1) is 11.8 Å². The van der Waals surface area contributed by atoms with Crippen molar-refractivity contribution in [3.63, 3.8) is 0 Å². The van der Waals surface area contributed by atoms with Crippen LogP contribution < -0.4 is 0 Å². The van der Waals surface area contributed by atoms with Crippen LogP contribution in [0.5, 0.6) is 0 Å². The van der Waals surface area contributed by atoms with Gasteiger partial charge in [-0.1, -0.05) is 87.4 Å². The van der Waals surface area contributed by atoms with E-state index in [-0.39, 0.29) is 63.5 Å². The summed E-state index contributed by atoms with van der Waals surface area (Å²) in [5.74, 6) is -5.22. The fourth-order valence-corrected chi connectivity index (χ4v) is 8.54. The molecule has 2 aromatic carbocycles. The molecule has 14 heteroatoms. The quantitative estimate of drug-likeness (QED) is 0.0757. The number of carboxylic acid groups (broad SMARTS) is 2. The van der Waals surface area contributed by atoms with Crippen molar-refractivity contribution in [1.82, 2.24) is 0 Å². The standard InChI is InChI=1S/C24H31O6P.C10H19O6P/c1-2-3-16-31(27,28)19-22(24(26)30-18-21-12-8-5-9-13-21)14-15-23(25)29-17-20-10-6-4-7-11-20;1-2-3-6-17(15,16)7-8(10(13)14)4-5-9(11)12/h4-13,22H,2-3,14-19H2,1H3,(H,27,28);8H,2-7H2,1H3,(H,11,12)(H,13,14)(H,15,16). The van der Waals surface area contributed by atoms with Gasteiger partial charge in [-0.3, -0.25) is 28.3 Å². The van der Waals surface area contributed by atoms with E-state index in [1.165, 1.54) is 0 Å². The minimum absolute atomic E-state index is 0.0221. The molecule has 0 aliphatic rings. The van der Waals surface area contributed by atoms with Crippen molar-refractivity contribution < 1.29 is 57.8 Å². The number of unbranched alkanes of at least 4 members (excludes halogenated alkanes) is 2. The summed E-state index contributed by atoms with van der Waals surface area (Å²) in [4.78, 5) is 65.9. The molecule has 0 heterocycles. The molecule has 0 saturated carbocycles. The molecule has 0 amide bonds. The number of ether oxygens (including phenoxy) is 2. The third-order valence-electron chi connectivity index (χ3n) is 7.29. The molecular weight excluding hydrogens is 662 g/mol. The summed E-state index contributed by atoms with van der Waals surface area (Å²) < 4.78 is 34.9. The van der Waals surface area contributed by atoms with Crippen LogP contribution in [0.4, 0.5) is 0 Å². The second-order valence-electron chi connectivity index (χ2n) is 11.7. The molecule has 0 fully saturated rings. The molecule has 268 valence electrons. The predicted octanol–water partition coefficient (Wildman–Crippen LogP) is 6.56. The van der Waals surface area contributed by atoms with Crippen molar-refractivity contribution >= 4 is 38.6 Å². The molecule has 0 saturated heterocycles. The lowest BCUT2D eigenvalue weighted by Crippen LogP contribution is -2.23. The van der Waals surface area contributed by atoms with Crippen LogP contribution in [0.1, 0.15) is 76.3 Å². The molecule has 4 unspecified atom stereocenters. The zero-order valence-electron chi connectivity index (χ0n) is 27.8. The normalized spacial score (nSPS) is 14.6. The number of aliphatic carboxylic acids is 2. The van der Waals surface area contributed by atoms with Crippen LogP contribution in [0.25, 0.3) is 0 Å². The first-order valence-electron chi connectivity index (χ1n) is 16.1. The highest BCUT2D eigenvalue weighted by molar-refractivity contribution is 7.58. The van der Waals surface area contributed by atoms with Crippen molar-refractivity contribution in [1.29, 1.82) is 0 Å². The van der Waals surface area contributed by atoms with E-state index in [1.54, 1.807) is 0 Å². The molecule has 2 aromatic rings. The molecular formula is C34H50O12P2. The van der Waals surface area contributed by atoms with Crippen molar-refractivity contribution in [3.8, 4) is 0 Å². The number of rotatable bonds is 22. The minimum Gasteiger partial charge on any atom is -0.481 e. The van der Waals surface area contributed by atoms with Crippen molar-refractivity contribution in [2.45, 2.75) is 78.4 Å². The Hall–Kier alpha value is -3.30. The number of carbonyl (C=O) groups excluding carboxylic acids is 2. The van der Waals surface area contributed by atoms with Gasteiger partial charge in [-0.2, -0.15) is 0 Å². The Kier molecular flexibility index (Phi) is 20.6. The van der Waals surface area contributed by atoms with Crippen LogP contribution in [-0.2, 0) is 51.0 Å². The molecule has 0 radical (unpaired) electrons. The van der Waals surface area contributed by atoms with E-state index in [1.807, 2.05) is 74.5 Å². The topological polar surface area (TPSA) is 202 Å². The second kappa shape index (κ2) is 23.1. The Morgan fingerprint density at radius 1 is 0.667 bits per heavy atom. The van der Waals surface area contributed by atoms with Gasteiger partial charge in [0.15, 0.2) is 0 Å². The summed E-state index contributed by atoms with van der Waals surface area (Å²) in [5.41, 5.74) is 1.70. The molecule has 2 rings (SSSR count). The lowest BCUT2D eigenvalue weighted by molar-refractivity contribution is -0.151. The molecule has 4 N–H and O–H groups in total. The fourth-order valence-electron chi connectivity index (χ4n) is 4.50. The van der Waals surface area contributed by atoms with Gasteiger partial charge in [-0.15, -0.1) is 0 Å². The minimum atomic E-state index is -3.49. The highest BCUT2D eigenvalue weighted by atomic mass is 31.2. The number of hydrogen-bond donors (Lipinski definition) is 4. The van der Waals surface area contributed by atoms with Gasteiger partial charge in [0.2, 0.25) is 14.7 Å². The molecule has 4 atom stereocenters. The van der Waals surface area contributed by atoms with E-state index in [0.717, 1.165) is 24.0 Å². The maximum Gasteiger partial charge on any atom is 0.309 e. The number of esters is 2. The van der Waals surface area contributed by atoms with E-state index in [9.17, 15) is 38.1 Å². The van der Waals surface area contributed by atoms with Gasteiger partial charge in [0.1, 0.15) is 13.2 Å². The zero-order chi connectivity index (χ0) is 36.0. The first-order chi connectivity index (χ1) is 22.7. The third kappa shape index (κ3) is 20.2. The summed E-state index contributed by atoms with van der Waals surface area (Å²) in [7, 11) is -6.94. The Labute approximate surface area is 282 Å². The summed E-state index contributed by atoms with van der Waals surface area (Å²) in [6.45, 7) is 4.05. The Morgan fingerprint density at radius 3 is 1.54 bits per heavy atom. The van der Waals surface area contributed by atoms with E-state index in [0.29, 0.717) is 12.8 Å². The van der Waals surface area contributed by atoms with E-state index >= 15 is 0 Å². The first-order valence-corrected chi connectivity index (χ1v) is 20.2. The molecule has 0 spiro atoms. The first kappa shape index (κ1) is 42.7. The highest BCUT2D eigenvalue weighted by Crippen LogP contribution is 2.45. The third-order valence-corrected chi connectivity index (χ3v) is 11.3. The summed E-state index contributed by atoms with van der Waals surface area (Å²) in [5, 5.41) is 17.3. The van der Waals surface area contributed by atoms with Gasteiger partial charge in [0.25, 0.3) is 0 Å². The monoisotopic (exact) mass is 712 g/mol. The number of hydrogen-bond acceptors (Lipinski definition) is 8. The summed E-state index contributed by atoms with van der Waals surface area (Å²) in [6.07, 6.45) is 2.14. The Bertz CT molecular complexity index is 1350. The zero-order valence-corrected chi connectivity index (χ0v) is 29.6. The molecule has 0 aliphatic carbocycles. The van der Waals surface area contributed by atoms with Crippen molar-refractivity contribution in [2.75, 3.05) is 24.6 Å². The number of carboxylic acids is 2. The lowest BCUT2D eigenvalue weighted by Gasteiger charge is -2.19. The van der Waals surface area contributed by atoms with Crippen LogP contribution in [0.15, 0.2) is 60.7 Å². The Balaban J connectivity index is 0.000000576. The van der Waals surface area contributed by atoms with Crippen LogP contribution >= 0.6 is 14.7 Å². The van der Waals surface area contributed by atoms with Crippen molar-refractivity contribution in [2.24, 2.45) is 11.8 Å². The van der Waals surface area contributed by atoms with Gasteiger partial charge in [-0.25, -0.2) is 0 Å². The maximum atomic E-state index is 12.7. The van der Waals surface area contributed by atoms with Crippen LogP contribution in [-0.4, -0.2) is 68.5 Å².